The summed E-state index contributed by atoms with van der Waals surface area (Å²) < 4.78 is 1.51. The largest absolute Gasteiger partial charge is 0.367 e. The van der Waals surface area contributed by atoms with E-state index in [1.54, 1.807) is 6.07 Å². The Morgan fingerprint density at radius 3 is 2.75 bits per heavy atom. The van der Waals surface area contributed by atoms with Gasteiger partial charge in [0.05, 0.1) is 17.2 Å². The number of fused-ring (bicyclic) bond motifs is 1. The second-order valence-electron chi connectivity index (χ2n) is 7.14. The van der Waals surface area contributed by atoms with Crippen molar-refractivity contribution in [1.29, 1.82) is 0 Å². The minimum atomic E-state index is -0.107. The lowest BCUT2D eigenvalue weighted by molar-refractivity contribution is -0.121. The minimum Gasteiger partial charge on any atom is -0.367 e. The van der Waals surface area contributed by atoms with Crippen LogP contribution in [-0.4, -0.2) is 34.6 Å². The number of aryl methyl sites for hydroxylation is 1. The van der Waals surface area contributed by atoms with Crippen molar-refractivity contribution in [2.24, 2.45) is 0 Å². The first-order chi connectivity index (χ1) is 13.7. The molecule has 1 aromatic heterocycles. The Balaban J connectivity index is 1.33. The molecule has 1 atom stereocenters. The highest BCUT2D eigenvalue weighted by atomic mass is 16.1. The first-order valence-electron chi connectivity index (χ1n) is 9.75. The first kappa shape index (κ1) is 18.2. The number of aromatic nitrogens is 2. The summed E-state index contributed by atoms with van der Waals surface area (Å²) in [7, 11) is 0. The fourth-order valence-corrected chi connectivity index (χ4v) is 3.81. The van der Waals surface area contributed by atoms with Crippen LogP contribution in [0.25, 0.3) is 10.9 Å². The van der Waals surface area contributed by atoms with Gasteiger partial charge in [-0.05, 0) is 37.1 Å². The molecule has 6 heteroatoms. The van der Waals surface area contributed by atoms with Gasteiger partial charge in [0.15, 0.2) is 0 Å². The van der Waals surface area contributed by atoms with E-state index in [2.05, 4.69) is 27.3 Å². The Morgan fingerprint density at radius 1 is 1.11 bits per heavy atom. The van der Waals surface area contributed by atoms with Gasteiger partial charge in [0.2, 0.25) is 5.91 Å². The van der Waals surface area contributed by atoms with E-state index >= 15 is 0 Å². The molecule has 0 spiro atoms. The molecule has 1 fully saturated rings. The van der Waals surface area contributed by atoms with Crippen LogP contribution in [0.4, 0.5) is 5.69 Å². The van der Waals surface area contributed by atoms with Gasteiger partial charge in [-0.3, -0.25) is 14.2 Å². The van der Waals surface area contributed by atoms with Crippen LogP contribution in [0.2, 0.25) is 0 Å². The molecule has 0 saturated carbocycles. The number of nitrogens with zero attached hydrogens (tertiary/aromatic N) is 3. The van der Waals surface area contributed by atoms with E-state index in [-0.39, 0.29) is 17.9 Å². The van der Waals surface area contributed by atoms with Crippen LogP contribution in [0.1, 0.15) is 19.3 Å². The lowest BCUT2D eigenvalue weighted by Crippen LogP contribution is -2.40. The third-order valence-corrected chi connectivity index (χ3v) is 5.31. The smallest absolute Gasteiger partial charge is 0.261 e. The van der Waals surface area contributed by atoms with Gasteiger partial charge in [0.25, 0.3) is 5.56 Å². The summed E-state index contributed by atoms with van der Waals surface area (Å²) in [6, 6.07) is 17.9. The molecule has 1 saturated heterocycles. The second-order valence-corrected chi connectivity index (χ2v) is 7.14. The lowest BCUT2D eigenvalue weighted by atomic mass is 10.2. The van der Waals surface area contributed by atoms with E-state index in [4.69, 9.17) is 0 Å². The molecule has 1 amide bonds. The zero-order chi connectivity index (χ0) is 19.3. The molecule has 1 aliphatic rings. The third kappa shape index (κ3) is 3.91. The summed E-state index contributed by atoms with van der Waals surface area (Å²) >= 11 is 0. The zero-order valence-corrected chi connectivity index (χ0v) is 15.8. The Kier molecular flexibility index (Phi) is 5.37. The molecule has 3 aromatic rings. The van der Waals surface area contributed by atoms with E-state index in [0.29, 0.717) is 30.0 Å². The first-order valence-corrected chi connectivity index (χ1v) is 9.75. The van der Waals surface area contributed by atoms with Gasteiger partial charge in [-0.1, -0.05) is 30.3 Å². The monoisotopic (exact) mass is 376 g/mol. The maximum absolute atomic E-state index is 12.5. The maximum atomic E-state index is 12.5. The standard InChI is InChI=1S/C22H24N4O2/c27-21(12-14-25-16-24-20-11-5-4-10-19(20)22(25)28)23-15-18-9-6-13-26(18)17-7-2-1-3-8-17/h1-5,7-8,10-11,16,18H,6,9,12-15H2,(H,23,27)/t18-/m1/s1. The van der Waals surface area contributed by atoms with Crippen LogP contribution in [0.3, 0.4) is 0 Å². The van der Waals surface area contributed by atoms with Crippen LogP contribution >= 0.6 is 0 Å². The minimum absolute atomic E-state index is 0.0417. The number of benzene rings is 2. The van der Waals surface area contributed by atoms with Crippen LogP contribution < -0.4 is 15.8 Å². The summed E-state index contributed by atoms with van der Waals surface area (Å²) in [6.07, 6.45) is 3.99. The number of amides is 1. The SMILES string of the molecule is O=C(CCn1cnc2ccccc2c1=O)NC[C@H]1CCCN1c1ccccc1. The summed E-state index contributed by atoms with van der Waals surface area (Å²) in [5.41, 5.74) is 1.77. The molecule has 144 valence electrons. The molecule has 1 aliphatic heterocycles. The molecule has 0 unspecified atom stereocenters. The van der Waals surface area contributed by atoms with Gasteiger partial charge in [-0.25, -0.2) is 4.98 Å². The van der Waals surface area contributed by atoms with Gasteiger partial charge in [0.1, 0.15) is 0 Å². The lowest BCUT2D eigenvalue weighted by Gasteiger charge is -2.27. The normalized spacial score (nSPS) is 16.4. The van der Waals surface area contributed by atoms with Crippen LogP contribution in [0, 0.1) is 0 Å². The summed E-state index contributed by atoms with van der Waals surface area (Å²) in [5.74, 6) is -0.0417. The van der Waals surface area contributed by atoms with E-state index in [0.717, 1.165) is 19.4 Å². The molecule has 2 aromatic carbocycles. The van der Waals surface area contributed by atoms with Crippen molar-refractivity contribution in [3.8, 4) is 0 Å². The van der Waals surface area contributed by atoms with Crippen molar-refractivity contribution in [3.63, 3.8) is 0 Å². The number of carbonyl (C=O) groups is 1. The van der Waals surface area contributed by atoms with Gasteiger partial charge < -0.3 is 10.2 Å². The van der Waals surface area contributed by atoms with Gasteiger partial charge >= 0.3 is 0 Å². The Hall–Kier alpha value is -3.15. The van der Waals surface area contributed by atoms with E-state index < -0.39 is 0 Å². The average molecular weight is 376 g/mol. The van der Waals surface area contributed by atoms with Crippen molar-refractivity contribution in [3.05, 3.63) is 71.3 Å². The van der Waals surface area contributed by atoms with Crippen molar-refractivity contribution in [2.75, 3.05) is 18.0 Å². The van der Waals surface area contributed by atoms with Crippen molar-refractivity contribution >= 4 is 22.5 Å². The molecular weight excluding hydrogens is 352 g/mol. The van der Waals surface area contributed by atoms with E-state index in [1.807, 2.05) is 36.4 Å². The van der Waals surface area contributed by atoms with E-state index in [9.17, 15) is 9.59 Å². The number of para-hydroxylation sites is 2. The van der Waals surface area contributed by atoms with Crippen LogP contribution in [0.5, 0.6) is 0 Å². The fraction of sp³-hybridized carbons (Fsp3) is 0.318. The number of rotatable bonds is 6. The quantitative estimate of drug-likeness (QED) is 0.718. The predicted octanol–water partition coefficient (Wildman–Crippen LogP) is 2.57. The van der Waals surface area contributed by atoms with Gasteiger partial charge in [-0.2, -0.15) is 0 Å². The third-order valence-electron chi connectivity index (χ3n) is 5.31. The maximum Gasteiger partial charge on any atom is 0.261 e. The highest BCUT2D eigenvalue weighted by Crippen LogP contribution is 2.24. The van der Waals surface area contributed by atoms with Crippen molar-refractivity contribution < 1.29 is 4.79 Å². The summed E-state index contributed by atoms with van der Waals surface area (Å²) in [5, 5.41) is 3.61. The molecule has 6 nitrogen and oxygen atoms in total. The Bertz CT molecular complexity index is 1020. The molecule has 0 aliphatic carbocycles. The second kappa shape index (κ2) is 8.25. The molecule has 2 heterocycles. The fourth-order valence-electron chi connectivity index (χ4n) is 3.81. The number of anilines is 1. The average Bonchev–Trinajstić information content (AvgIpc) is 3.21. The number of carbonyl (C=O) groups excluding carboxylic acids is 1. The van der Waals surface area contributed by atoms with Crippen LogP contribution in [-0.2, 0) is 11.3 Å². The summed E-state index contributed by atoms with van der Waals surface area (Å²) in [4.78, 5) is 31.5. The van der Waals surface area contributed by atoms with Crippen molar-refractivity contribution in [1.82, 2.24) is 14.9 Å². The molecule has 28 heavy (non-hydrogen) atoms. The highest BCUT2D eigenvalue weighted by Gasteiger charge is 2.24. The van der Waals surface area contributed by atoms with Crippen molar-refractivity contribution in [2.45, 2.75) is 31.8 Å². The highest BCUT2D eigenvalue weighted by molar-refractivity contribution is 5.77. The van der Waals surface area contributed by atoms with Gasteiger partial charge in [-0.15, -0.1) is 0 Å². The molecular formula is C22H24N4O2. The number of hydrogen-bond acceptors (Lipinski definition) is 4. The molecule has 4 rings (SSSR count). The zero-order valence-electron chi connectivity index (χ0n) is 15.8. The molecule has 0 bridgehead atoms. The van der Waals surface area contributed by atoms with Gasteiger partial charge in [0, 0.05) is 37.8 Å². The topological polar surface area (TPSA) is 67.2 Å². The molecule has 0 radical (unpaired) electrons. The predicted molar refractivity (Wildman–Crippen MR) is 110 cm³/mol. The number of nitrogens with one attached hydrogen (secondary N) is 1. The Morgan fingerprint density at radius 2 is 1.89 bits per heavy atom. The Labute approximate surface area is 163 Å². The van der Waals surface area contributed by atoms with Crippen LogP contribution in [0.15, 0.2) is 65.7 Å². The molecule has 1 N–H and O–H groups in total. The van der Waals surface area contributed by atoms with E-state index in [1.165, 1.54) is 16.6 Å². The summed E-state index contributed by atoms with van der Waals surface area (Å²) in [6.45, 7) is 1.97. The number of hydrogen-bond donors (Lipinski definition) is 1.